The van der Waals surface area contributed by atoms with Crippen LogP contribution in [0.1, 0.15) is 23.1 Å². The summed E-state index contributed by atoms with van der Waals surface area (Å²) in [5.74, 6) is 0.908. The molecule has 3 rings (SSSR count). The molecule has 1 heterocycles. The highest BCUT2D eigenvalue weighted by atomic mass is 16.5. The summed E-state index contributed by atoms with van der Waals surface area (Å²) in [5, 5.41) is 0. The van der Waals surface area contributed by atoms with Gasteiger partial charge >= 0.3 is 0 Å². The Morgan fingerprint density at radius 1 is 1.17 bits per heavy atom. The van der Waals surface area contributed by atoms with E-state index in [1.165, 1.54) is 16.7 Å². The maximum absolute atomic E-state index is 5.29. The molecule has 0 unspecified atom stereocenters. The van der Waals surface area contributed by atoms with Crippen LogP contribution in [0.3, 0.4) is 0 Å². The van der Waals surface area contributed by atoms with Crippen molar-refractivity contribution < 1.29 is 4.74 Å². The van der Waals surface area contributed by atoms with Crippen LogP contribution in [-0.2, 0) is 6.42 Å². The zero-order chi connectivity index (χ0) is 12.4. The summed E-state index contributed by atoms with van der Waals surface area (Å²) >= 11 is 0. The van der Waals surface area contributed by atoms with Gasteiger partial charge in [-0.25, -0.2) is 9.97 Å². The van der Waals surface area contributed by atoms with Crippen LogP contribution in [0, 0.1) is 0 Å². The van der Waals surface area contributed by atoms with Crippen LogP contribution in [0.15, 0.2) is 36.9 Å². The standard InChI is InChI=1S/C15H14N2O/c1-18-14-5-4-12-2-3-13(15(12)7-14)6-11-8-16-10-17-9-11/h4-10H,2-3H2,1H3. The maximum Gasteiger partial charge on any atom is 0.119 e. The van der Waals surface area contributed by atoms with Gasteiger partial charge < -0.3 is 4.74 Å². The molecule has 0 atom stereocenters. The van der Waals surface area contributed by atoms with Gasteiger partial charge in [0.2, 0.25) is 0 Å². The van der Waals surface area contributed by atoms with E-state index < -0.39 is 0 Å². The lowest BCUT2D eigenvalue weighted by molar-refractivity contribution is 0.414. The van der Waals surface area contributed by atoms with E-state index in [-0.39, 0.29) is 0 Å². The Morgan fingerprint density at radius 2 is 2.00 bits per heavy atom. The number of aryl methyl sites for hydroxylation is 1. The molecule has 0 fully saturated rings. The molecule has 0 aliphatic heterocycles. The van der Waals surface area contributed by atoms with Gasteiger partial charge in [0, 0.05) is 18.0 Å². The number of benzene rings is 1. The molecule has 0 spiro atoms. The number of hydrogen-bond donors (Lipinski definition) is 0. The molecule has 1 aromatic heterocycles. The number of aromatic nitrogens is 2. The number of ether oxygens (including phenoxy) is 1. The smallest absolute Gasteiger partial charge is 0.119 e. The highest BCUT2D eigenvalue weighted by Crippen LogP contribution is 2.35. The largest absolute Gasteiger partial charge is 0.497 e. The highest BCUT2D eigenvalue weighted by molar-refractivity contribution is 5.85. The lowest BCUT2D eigenvalue weighted by Gasteiger charge is -2.05. The van der Waals surface area contributed by atoms with E-state index in [1.807, 2.05) is 18.5 Å². The third-order valence-electron chi connectivity index (χ3n) is 3.25. The van der Waals surface area contributed by atoms with Gasteiger partial charge in [0.25, 0.3) is 0 Å². The second-order valence-electron chi connectivity index (χ2n) is 4.36. The minimum atomic E-state index is 0.908. The number of allylic oxidation sites excluding steroid dienone is 1. The van der Waals surface area contributed by atoms with Gasteiger partial charge in [-0.15, -0.1) is 0 Å². The average molecular weight is 238 g/mol. The summed E-state index contributed by atoms with van der Waals surface area (Å²) in [5.41, 5.74) is 5.05. The summed E-state index contributed by atoms with van der Waals surface area (Å²) < 4.78 is 5.29. The molecule has 90 valence electrons. The first-order valence-corrected chi connectivity index (χ1v) is 6.00. The third-order valence-corrected chi connectivity index (χ3v) is 3.25. The quantitative estimate of drug-likeness (QED) is 0.806. The number of nitrogens with zero attached hydrogens (tertiary/aromatic N) is 2. The van der Waals surface area contributed by atoms with Crippen LogP contribution in [0.25, 0.3) is 11.6 Å². The second kappa shape index (κ2) is 4.61. The SMILES string of the molecule is COc1ccc2c(c1)C(=Cc1cncnc1)CC2. The van der Waals surface area contributed by atoms with E-state index >= 15 is 0 Å². The molecular weight excluding hydrogens is 224 g/mol. The summed E-state index contributed by atoms with van der Waals surface area (Å²) in [7, 11) is 1.70. The van der Waals surface area contributed by atoms with Gasteiger partial charge in [-0.2, -0.15) is 0 Å². The summed E-state index contributed by atoms with van der Waals surface area (Å²) in [6.07, 6.45) is 9.53. The van der Waals surface area contributed by atoms with E-state index in [1.54, 1.807) is 13.4 Å². The van der Waals surface area contributed by atoms with Crippen LogP contribution in [0.2, 0.25) is 0 Å². The zero-order valence-corrected chi connectivity index (χ0v) is 10.3. The Morgan fingerprint density at radius 3 is 2.78 bits per heavy atom. The molecule has 0 bridgehead atoms. The molecule has 3 nitrogen and oxygen atoms in total. The van der Waals surface area contributed by atoms with Gasteiger partial charge in [0.15, 0.2) is 0 Å². The fourth-order valence-corrected chi connectivity index (χ4v) is 2.34. The molecule has 0 N–H and O–H groups in total. The third kappa shape index (κ3) is 1.99. The van der Waals surface area contributed by atoms with Crippen LogP contribution in [0.4, 0.5) is 0 Å². The van der Waals surface area contributed by atoms with Crippen molar-refractivity contribution in [2.45, 2.75) is 12.8 Å². The number of methoxy groups -OCH3 is 1. The van der Waals surface area contributed by atoms with Crippen LogP contribution in [0.5, 0.6) is 5.75 Å². The van der Waals surface area contributed by atoms with Crippen molar-refractivity contribution in [2.75, 3.05) is 7.11 Å². The predicted octanol–water partition coefficient (Wildman–Crippen LogP) is 2.97. The highest BCUT2D eigenvalue weighted by Gasteiger charge is 2.16. The number of rotatable bonds is 2. The van der Waals surface area contributed by atoms with Crippen molar-refractivity contribution >= 4 is 11.6 Å². The van der Waals surface area contributed by atoms with Gasteiger partial charge in [0.05, 0.1) is 7.11 Å². The fourth-order valence-electron chi connectivity index (χ4n) is 2.34. The van der Waals surface area contributed by atoms with Gasteiger partial charge in [-0.1, -0.05) is 6.07 Å². The summed E-state index contributed by atoms with van der Waals surface area (Å²) in [6, 6.07) is 6.28. The minimum absolute atomic E-state index is 0.908. The summed E-state index contributed by atoms with van der Waals surface area (Å²) in [4.78, 5) is 8.07. The van der Waals surface area contributed by atoms with Gasteiger partial charge in [0.1, 0.15) is 12.1 Å². The Kier molecular flexibility index (Phi) is 2.81. The molecule has 1 aliphatic rings. The summed E-state index contributed by atoms with van der Waals surface area (Å²) in [6.45, 7) is 0. The maximum atomic E-state index is 5.29. The average Bonchev–Trinajstić information content (AvgIpc) is 2.82. The van der Waals surface area contributed by atoms with Gasteiger partial charge in [-0.05, 0) is 47.8 Å². The molecule has 0 amide bonds. The van der Waals surface area contributed by atoms with Crippen molar-refractivity contribution in [2.24, 2.45) is 0 Å². The first-order valence-electron chi connectivity index (χ1n) is 6.00. The molecule has 2 aromatic rings. The molecule has 3 heteroatoms. The first-order chi connectivity index (χ1) is 8.86. The van der Waals surface area contributed by atoms with Crippen LogP contribution >= 0.6 is 0 Å². The lowest BCUT2D eigenvalue weighted by atomic mass is 10.1. The van der Waals surface area contributed by atoms with Crippen LogP contribution < -0.4 is 4.74 Å². The minimum Gasteiger partial charge on any atom is -0.497 e. The zero-order valence-electron chi connectivity index (χ0n) is 10.3. The Bertz CT molecular complexity index is 591. The van der Waals surface area contributed by atoms with Gasteiger partial charge in [-0.3, -0.25) is 0 Å². The Hall–Kier alpha value is -2.16. The number of fused-ring (bicyclic) bond motifs is 1. The van der Waals surface area contributed by atoms with E-state index in [4.69, 9.17) is 4.74 Å². The lowest BCUT2D eigenvalue weighted by Crippen LogP contribution is -1.86. The predicted molar refractivity (Wildman–Crippen MR) is 71.2 cm³/mol. The van der Waals surface area contributed by atoms with Crippen LogP contribution in [-0.4, -0.2) is 17.1 Å². The van der Waals surface area contributed by atoms with Crippen molar-refractivity contribution in [3.8, 4) is 5.75 Å². The molecule has 0 saturated carbocycles. The van der Waals surface area contributed by atoms with Crippen molar-refractivity contribution in [3.63, 3.8) is 0 Å². The molecular formula is C15H14N2O. The molecule has 1 aromatic carbocycles. The first kappa shape index (κ1) is 11.0. The van der Waals surface area contributed by atoms with E-state index in [9.17, 15) is 0 Å². The molecule has 0 radical (unpaired) electrons. The van der Waals surface area contributed by atoms with E-state index in [2.05, 4.69) is 28.2 Å². The number of hydrogen-bond acceptors (Lipinski definition) is 3. The molecule has 1 aliphatic carbocycles. The van der Waals surface area contributed by atoms with E-state index in [0.29, 0.717) is 0 Å². The Labute approximate surface area is 106 Å². The van der Waals surface area contributed by atoms with Crippen molar-refractivity contribution in [1.82, 2.24) is 9.97 Å². The second-order valence-corrected chi connectivity index (χ2v) is 4.36. The monoisotopic (exact) mass is 238 g/mol. The molecule has 0 saturated heterocycles. The Balaban J connectivity index is 2.01. The van der Waals surface area contributed by atoms with Crippen molar-refractivity contribution in [1.29, 1.82) is 0 Å². The normalized spacial score (nSPS) is 15.7. The fraction of sp³-hybridized carbons (Fsp3) is 0.200. The van der Waals surface area contributed by atoms with E-state index in [0.717, 1.165) is 24.2 Å². The van der Waals surface area contributed by atoms with Crippen molar-refractivity contribution in [3.05, 3.63) is 53.6 Å². The molecule has 18 heavy (non-hydrogen) atoms. The topological polar surface area (TPSA) is 35.0 Å².